The van der Waals surface area contributed by atoms with Crippen molar-refractivity contribution in [2.24, 2.45) is 0 Å². The number of rotatable bonds is 5. The van der Waals surface area contributed by atoms with Crippen molar-refractivity contribution in [2.45, 2.75) is 37.6 Å². The third kappa shape index (κ3) is 4.47. The molecule has 9 heteroatoms. The number of likely N-dealkylation sites (tertiary alicyclic amines) is 1. The standard InChI is InChI=1S/C18H21Cl2N3O4/c1-27-15-9-13(20)12(19)8-11(15)10-4-6-23(7-5-10)16(24)3-2-14-17(25)22-18(26)21-14/h8-10,14H,2-7H2,1H3,(H2,21,22,25,26)/t14-/m1/s1. The predicted molar refractivity (Wildman–Crippen MR) is 101 cm³/mol. The molecular formula is C18H21Cl2N3O4. The molecule has 146 valence electrons. The lowest BCUT2D eigenvalue weighted by Crippen LogP contribution is -2.39. The number of carbonyl (C=O) groups is 3. The molecule has 0 aliphatic carbocycles. The van der Waals surface area contributed by atoms with Crippen LogP contribution in [0.15, 0.2) is 12.1 Å². The number of ether oxygens (including phenoxy) is 1. The predicted octanol–water partition coefficient (Wildman–Crippen LogP) is 2.70. The number of carbonyl (C=O) groups excluding carboxylic acids is 3. The molecule has 2 aliphatic rings. The summed E-state index contributed by atoms with van der Waals surface area (Å²) < 4.78 is 5.43. The number of imide groups is 1. The number of nitrogens with one attached hydrogen (secondary N) is 2. The summed E-state index contributed by atoms with van der Waals surface area (Å²) in [6, 6.07) is 2.43. The second kappa shape index (κ2) is 8.35. The normalized spacial score (nSPS) is 20.4. The van der Waals surface area contributed by atoms with Gasteiger partial charge in [-0.3, -0.25) is 14.9 Å². The van der Waals surface area contributed by atoms with Gasteiger partial charge in [-0.05, 0) is 36.8 Å². The Balaban J connectivity index is 1.54. The average Bonchev–Trinajstić information content (AvgIpc) is 2.99. The minimum atomic E-state index is -0.626. The summed E-state index contributed by atoms with van der Waals surface area (Å²) in [5, 5.41) is 5.61. The monoisotopic (exact) mass is 413 g/mol. The number of halogens is 2. The van der Waals surface area contributed by atoms with Crippen molar-refractivity contribution < 1.29 is 19.1 Å². The second-order valence-electron chi connectivity index (χ2n) is 6.72. The van der Waals surface area contributed by atoms with Gasteiger partial charge in [-0.2, -0.15) is 0 Å². The summed E-state index contributed by atoms with van der Waals surface area (Å²) in [6.07, 6.45) is 2.11. The molecule has 4 amide bonds. The molecule has 1 aromatic carbocycles. The highest BCUT2D eigenvalue weighted by atomic mass is 35.5. The van der Waals surface area contributed by atoms with Crippen LogP contribution in [0.3, 0.4) is 0 Å². The number of piperidine rings is 1. The molecule has 0 saturated carbocycles. The molecule has 0 aromatic heterocycles. The average molecular weight is 414 g/mol. The van der Waals surface area contributed by atoms with Gasteiger partial charge < -0.3 is 15.0 Å². The van der Waals surface area contributed by atoms with Gasteiger partial charge in [0.25, 0.3) is 5.91 Å². The minimum absolute atomic E-state index is 0.0106. The van der Waals surface area contributed by atoms with Gasteiger partial charge in [0.1, 0.15) is 11.8 Å². The molecule has 1 atom stereocenters. The lowest BCUT2D eigenvalue weighted by atomic mass is 9.88. The highest BCUT2D eigenvalue weighted by molar-refractivity contribution is 6.42. The number of methoxy groups -OCH3 is 1. The van der Waals surface area contributed by atoms with E-state index in [1.165, 1.54) is 0 Å². The van der Waals surface area contributed by atoms with Crippen LogP contribution < -0.4 is 15.4 Å². The zero-order chi connectivity index (χ0) is 19.6. The Labute approximate surface area is 167 Å². The third-order valence-electron chi connectivity index (χ3n) is 5.07. The highest BCUT2D eigenvalue weighted by Crippen LogP contribution is 2.39. The molecule has 1 aromatic rings. The van der Waals surface area contributed by atoms with E-state index in [1.54, 1.807) is 18.1 Å². The van der Waals surface area contributed by atoms with E-state index in [1.807, 2.05) is 6.07 Å². The molecule has 0 spiro atoms. The Morgan fingerprint density at radius 2 is 1.89 bits per heavy atom. The van der Waals surface area contributed by atoms with E-state index in [4.69, 9.17) is 27.9 Å². The number of nitrogens with zero attached hydrogens (tertiary/aromatic N) is 1. The molecule has 2 aliphatic heterocycles. The minimum Gasteiger partial charge on any atom is -0.496 e. The van der Waals surface area contributed by atoms with Crippen LogP contribution in [0.1, 0.15) is 37.2 Å². The van der Waals surface area contributed by atoms with Gasteiger partial charge in [0, 0.05) is 25.6 Å². The zero-order valence-corrected chi connectivity index (χ0v) is 16.4. The van der Waals surface area contributed by atoms with E-state index in [0.29, 0.717) is 35.3 Å². The van der Waals surface area contributed by atoms with Gasteiger partial charge in [-0.15, -0.1) is 0 Å². The zero-order valence-electron chi connectivity index (χ0n) is 14.9. The Hall–Kier alpha value is -1.99. The van der Waals surface area contributed by atoms with Crippen LogP contribution in [-0.2, 0) is 9.59 Å². The van der Waals surface area contributed by atoms with E-state index >= 15 is 0 Å². The Morgan fingerprint density at radius 3 is 2.48 bits per heavy atom. The topological polar surface area (TPSA) is 87.7 Å². The van der Waals surface area contributed by atoms with Gasteiger partial charge in [-0.1, -0.05) is 23.2 Å². The fraction of sp³-hybridized carbons (Fsp3) is 0.500. The van der Waals surface area contributed by atoms with E-state index < -0.39 is 12.1 Å². The van der Waals surface area contributed by atoms with Crippen LogP contribution in [0, 0.1) is 0 Å². The molecule has 27 heavy (non-hydrogen) atoms. The van der Waals surface area contributed by atoms with Gasteiger partial charge >= 0.3 is 6.03 Å². The number of benzene rings is 1. The van der Waals surface area contributed by atoms with Crippen LogP contribution >= 0.6 is 23.2 Å². The van der Waals surface area contributed by atoms with Gasteiger partial charge in [-0.25, -0.2) is 4.79 Å². The molecular weight excluding hydrogens is 393 g/mol. The lowest BCUT2D eigenvalue weighted by Gasteiger charge is -2.33. The van der Waals surface area contributed by atoms with Crippen LogP contribution in [0.25, 0.3) is 0 Å². The van der Waals surface area contributed by atoms with E-state index in [2.05, 4.69) is 10.6 Å². The van der Waals surface area contributed by atoms with E-state index in [0.717, 1.165) is 18.4 Å². The van der Waals surface area contributed by atoms with Gasteiger partial charge in [0.05, 0.1) is 17.2 Å². The summed E-state index contributed by atoms with van der Waals surface area (Å²) >= 11 is 12.2. The van der Waals surface area contributed by atoms with Crippen molar-refractivity contribution in [2.75, 3.05) is 20.2 Å². The van der Waals surface area contributed by atoms with Gasteiger partial charge in [0.2, 0.25) is 5.91 Å². The first-order valence-corrected chi connectivity index (χ1v) is 9.56. The first kappa shape index (κ1) is 19.8. The van der Waals surface area contributed by atoms with E-state index in [9.17, 15) is 14.4 Å². The molecule has 2 heterocycles. The second-order valence-corrected chi connectivity index (χ2v) is 7.53. The van der Waals surface area contributed by atoms with E-state index in [-0.39, 0.29) is 24.2 Å². The Morgan fingerprint density at radius 1 is 1.22 bits per heavy atom. The molecule has 7 nitrogen and oxygen atoms in total. The maximum atomic E-state index is 12.4. The van der Waals surface area contributed by atoms with Crippen molar-refractivity contribution >= 4 is 41.0 Å². The number of hydrogen-bond acceptors (Lipinski definition) is 4. The first-order chi connectivity index (χ1) is 12.9. The summed E-state index contributed by atoms with van der Waals surface area (Å²) in [5.74, 6) is 0.553. The van der Waals surface area contributed by atoms with Crippen molar-refractivity contribution in [3.63, 3.8) is 0 Å². The Bertz CT molecular complexity index is 763. The maximum Gasteiger partial charge on any atom is 0.322 e. The van der Waals surface area contributed by atoms with Crippen LogP contribution in [0.4, 0.5) is 4.79 Å². The summed E-state index contributed by atoms with van der Waals surface area (Å²) in [7, 11) is 1.60. The largest absolute Gasteiger partial charge is 0.496 e. The van der Waals surface area contributed by atoms with Gasteiger partial charge in [0.15, 0.2) is 0 Å². The fourth-order valence-corrected chi connectivity index (χ4v) is 3.89. The maximum absolute atomic E-state index is 12.4. The smallest absolute Gasteiger partial charge is 0.322 e. The highest BCUT2D eigenvalue weighted by Gasteiger charge is 2.31. The molecule has 3 rings (SSSR count). The van der Waals surface area contributed by atoms with Crippen LogP contribution in [-0.4, -0.2) is 49.0 Å². The molecule has 2 fully saturated rings. The number of amides is 4. The molecule has 0 radical (unpaired) electrons. The Kier molecular flexibility index (Phi) is 6.11. The molecule has 2 N–H and O–H groups in total. The van der Waals surface area contributed by atoms with Crippen molar-refractivity contribution in [3.8, 4) is 5.75 Å². The molecule has 0 unspecified atom stereocenters. The molecule has 2 saturated heterocycles. The van der Waals surface area contributed by atoms with Crippen LogP contribution in [0.5, 0.6) is 5.75 Å². The van der Waals surface area contributed by atoms with Crippen molar-refractivity contribution in [1.82, 2.24) is 15.5 Å². The number of hydrogen-bond donors (Lipinski definition) is 2. The number of urea groups is 1. The van der Waals surface area contributed by atoms with Crippen molar-refractivity contribution in [1.29, 1.82) is 0 Å². The SMILES string of the molecule is COc1cc(Cl)c(Cl)cc1C1CCN(C(=O)CC[C@H]2NC(=O)NC2=O)CC1. The van der Waals surface area contributed by atoms with Crippen LogP contribution in [0.2, 0.25) is 10.0 Å². The fourth-order valence-electron chi connectivity index (χ4n) is 3.57. The summed E-state index contributed by atoms with van der Waals surface area (Å²) in [4.78, 5) is 36.9. The summed E-state index contributed by atoms with van der Waals surface area (Å²) in [6.45, 7) is 1.24. The quantitative estimate of drug-likeness (QED) is 0.726. The first-order valence-electron chi connectivity index (χ1n) is 8.81. The lowest BCUT2D eigenvalue weighted by molar-refractivity contribution is -0.132. The van der Waals surface area contributed by atoms with Crippen molar-refractivity contribution in [3.05, 3.63) is 27.7 Å². The third-order valence-corrected chi connectivity index (χ3v) is 5.79. The molecule has 0 bridgehead atoms. The summed E-state index contributed by atoms with van der Waals surface area (Å²) in [5.41, 5.74) is 1.00.